The Bertz CT molecular complexity index is 598. The first-order valence-electron chi connectivity index (χ1n) is 6.16. The Morgan fingerprint density at radius 1 is 1.32 bits per heavy atom. The number of anilines is 1. The fourth-order valence-electron chi connectivity index (χ4n) is 2.03. The van der Waals surface area contributed by atoms with E-state index in [4.69, 9.17) is 17.0 Å². The molecule has 1 saturated heterocycles. The van der Waals surface area contributed by atoms with Crippen molar-refractivity contribution in [2.45, 2.75) is 0 Å². The molecular formula is C13H14N4OS. The highest BCUT2D eigenvalue weighted by molar-refractivity contribution is 7.80. The minimum atomic E-state index is 0.730. The van der Waals surface area contributed by atoms with Gasteiger partial charge in [0.25, 0.3) is 0 Å². The van der Waals surface area contributed by atoms with Crippen LogP contribution in [-0.2, 0) is 4.74 Å². The number of ether oxygens (including phenoxy) is 1. The summed E-state index contributed by atoms with van der Waals surface area (Å²) >= 11 is 5.41. The smallest absolute Gasteiger partial charge is 0.173 e. The van der Waals surface area contributed by atoms with Gasteiger partial charge in [0.05, 0.1) is 18.7 Å². The minimum Gasteiger partial charge on any atom is -0.378 e. The fourth-order valence-corrected chi connectivity index (χ4v) is 2.33. The number of benzene rings is 1. The number of hydrogen-bond acceptors (Lipinski definition) is 4. The summed E-state index contributed by atoms with van der Waals surface area (Å²) in [5.41, 5.74) is 1.89. The summed E-state index contributed by atoms with van der Waals surface area (Å²) in [6.07, 6.45) is 3.35. The number of thiocarbonyl (C=S) groups is 1. The number of morpholine rings is 1. The van der Waals surface area contributed by atoms with Crippen LogP contribution in [0, 0.1) is 0 Å². The van der Waals surface area contributed by atoms with Crippen molar-refractivity contribution in [1.82, 2.24) is 14.9 Å². The molecule has 0 unspecified atom stereocenters. The molecule has 0 saturated carbocycles. The first-order valence-corrected chi connectivity index (χ1v) is 6.57. The molecule has 0 bridgehead atoms. The van der Waals surface area contributed by atoms with Gasteiger partial charge in [-0.15, -0.1) is 0 Å². The first-order chi connectivity index (χ1) is 9.33. The van der Waals surface area contributed by atoms with E-state index in [0.29, 0.717) is 0 Å². The van der Waals surface area contributed by atoms with Crippen molar-refractivity contribution >= 4 is 33.9 Å². The Labute approximate surface area is 116 Å². The van der Waals surface area contributed by atoms with E-state index in [-0.39, 0.29) is 0 Å². The van der Waals surface area contributed by atoms with E-state index in [2.05, 4.69) is 20.2 Å². The molecule has 6 heteroatoms. The lowest BCUT2D eigenvalue weighted by molar-refractivity contribution is 0.0690. The third-order valence-electron chi connectivity index (χ3n) is 3.05. The monoisotopic (exact) mass is 274 g/mol. The highest BCUT2D eigenvalue weighted by Gasteiger charge is 2.13. The Balaban J connectivity index is 1.75. The summed E-state index contributed by atoms with van der Waals surface area (Å²) in [7, 11) is 0. The lowest BCUT2D eigenvalue weighted by Crippen LogP contribution is -2.42. The first kappa shape index (κ1) is 12.3. The fraction of sp³-hybridized carbons (Fsp3) is 0.308. The van der Waals surface area contributed by atoms with Crippen LogP contribution in [0.3, 0.4) is 0 Å². The van der Waals surface area contributed by atoms with E-state index in [1.54, 1.807) is 12.5 Å². The van der Waals surface area contributed by atoms with Gasteiger partial charge in [0.1, 0.15) is 6.33 Å². The highest BCUT2D eigenvalue weighted by atomic mass is 32.1. The van der Waals surface area contributed by atoms with Crippen LogP contribution in [0.25, 0.3) is 10.9 Å². The van der Waals surface area contributed by atoms with Crippen molar-refractivity contribution < 1.29 is 4.74 Å². The van der Waals surface area contributed by atoms with Crippen molar-refractivity contribution in [3.05, 3.63) is 30.7 Å². The standard InChI is InChI=1S/C13H14N4OS/c19-13(17-3-5-18-6-4-17)16-11-1-2-12-10(7-11)8-14-9-15-12/h1-2,7-9H,3-6H2,(H,16,19). The maximum Gasteiger partial charge on any atom is 0.173 e. The maximum absolute atomic E-state index is 5.41. The van der Waals surface area contributed by atoms with Gasteiger partial charge >= 0.3 is 0 Å². The van der Waals surface area contributed by atoms with Crippen LogP contribution in [0.1, 0.15) is 0 Å². The number of hydrogen-bond donors (Lipinski definition) is 1. The normalized spacial score (nSPS) is 15.5. The minimum absolute atomic E-state index is 0.730. The molecule has 1 aromatic heterocycles. The number of rotatable bonds is 1. The summed E-state index contributed by atoms with van der Waals surface area (Å²) in [5.74, 6) is 0. The molecule has 1 aliphatic heterocycles. The van der Waals surface area contributed by atoms with E-state index in [1.165, 1.54) is 0 Å². The second-order valence-electron chi connectivity index (χ2n) is 4.33. The van der Waals surface area contributed by atoms with E-state index in [0.717, 1.165) is 48.0 Å². The summed E-state index contributed by atoms with van der Waals surface area (Å²) in [4.78, 5) is 10.3. The Morgan fingerprint density at radius 3 is 3.00 bits per heavy atom. The predicted octanol–water partition coefficient (Wildman–Crippen LogP) is 1.66. The lowest BCUT2D eigenvalue weighted by atomic mass is 10.2. The Morgan fingerprint density at radius 2 is 2.16 bits per heavy atom. The van der Waals surface area contributed by atoms with E-state index in [9.17, 15) is 0 Å². The van der Waals surface area contributed by atoms with Crippen LogP contribution in [0.15, 0.2) is 30.7 Å². The molecule has 0 spiro atoms. The summed E-state index contributed by atoms with van der Waals surface area (Å²) in [6.45, 7) is 3.13. The molecule has 1 aliphatic rings. The van der Waals surface area contributed by atoms with E-state index < -0.39 is 0 Å². The zero-order valence-electron chi connectivity index (χ0n) is 10.4. The molecule has 19 heavy (non-hydrogen) atoms. The molecule has 0 aliphatic carbocycles. The summed E-state index contributed by atoms with van der Waals surface area (Å²) < 4.78 is 5.31. The topological polar surface area (TPSA) is 50.3 Å². The van der Waals surface area contributed by atoms with Gasteiger partial charge in [-0.1, -0.05) is 0 Å². The van der Waals surface area contributed by atoms with E-state index >= 15 is 0 Å². The molecule has 1 N–H and O–H groups in total. The van der Waals surface area contributed by atoms with Crippen molar-refractivity contribution in [2.75, 3.05) is 31.6 Å². The van der Waals surface area contributed by atoms with Gasteiger partial charge in [0, 0.05) is 30.4 Å². The Hall–Kier alpha value is -1.79. The molecule has 3 rings (SSSR count). The number of nitrogens with one attached hydrogen (secondary N) is 1. The molecule has 1 fully saturated rings. The van der Waals surface area contributed by atoms with Gasteiger partial charge in [0.2, 0.25) is 0 Å². The maximum atomic E-state index is 5.41. The second-order valence-corrected chi connectivity index (χ2v) is 4.71. The average molecular weight is 274 g/mol. The molecule has 0 atom stereocenters. The quantitative estimate of drug-likeness (QED) is 0.798. The zero-order valence-corrected chi connectivity index (χ0v) is 11.2. The number of fused-ring (bicyclic) bond motifs is 1. The Kier molecular flexibility index (Phi) is 3.52. The third-order valence-corrected chi connectivity index (χ3v) is 3.41. The predicted molar refractivity (Wildman–Crippen MR) is 78.2 cm³/mol. The molecule has 5 nitrogen and oxygen atoms in total. The van der Waals surface area contributed by atoms with Gasteiger partial charge in [-0.2, -0.15) is 0 Å². The van der Waals surface area contributed by atoms with Crippen molar-refractivity contribution in [2.24, 2.45) is 0 Å². The number of nitrogens with zero attached hydrogens (tertiary/aromatic N) is 3. The van der Waals surface area contributed by atoms with Crippen LogP contribution >= 0.6 is 12.2 Å². The van der Waals surface area contributed by atoms with Crippen molar-refractivity contribution in [3.63, 3.8) is 0 Å². The average Bonchev–Trinajstić information content (AvgIpc) is 2.48. The van der Waals surface area contributed by atoms with Gasteiger partial charge in [-0.25, -0.2) is 9.97 Å². The molecule has 1 aromatic carbocycles. The van der Waals surface area contributed by atoms with Gasteiger partial charge in [-0.05, 0) is 30.4 Å². The largest absolute Gasteiger partial charge is 0.378 e. The van der Waals surface area contributed by atoms with Crippen molar-refractivity contribution in [3.8, 4) is 0 Å². The molecular weight excluding hydrogens is 260 g/mol. The van der Waals surface area contributed by atoms with Crippen LogP contribution in [0.4, 0.5) is 5.69 Å². The molecule has 2 heterocycles. The van der Waals surface area contributed by atoms with Crippen LogP contribution < -0.4 is 5.32 Å². The van der Waals surface area contributed by atoms with Crippen molar-refractivity contribution in [1.29, 1.82) is 0 Å². The summed E-state index contributed by atoms with van der Waals surface area (Å²) in [5, 5.41) is 4.98. The van der Waals surface area contributed by atoms with E-state index in [1.807, 2.05) is 18.2 Å². The molecule has 0 amide bonds. The number of aromatic nitrogens is 2. The second kappa shape index (κ2) is 5.46. The van der Waals surface area contributed by atoms with Crippen LogP contribution in [0.5, 0.6) is 0 Å². The SMILES string of the molecule is S=C(Nc1ccc2ncncc2c1)N1CCOCC1. The van der Waals surface area contributed by atoms with Gasteiger partial charge in [-0.3, -0.25) is 0 Å². The molecule has 0 radical (unpaired) electrons. The highest BCUT2D eigenvalue weighted by Crippen LogP contribution is 2.16. The van der Waals surface area contributed by atoms with Gasteiger partial charge < -0.3 is 15.0 Å². The van der Waals surface area contributed by atoms with Crippen LogP contribution in [0.2, 0.25) is 0 Å². The molecule has 98 valence electrons. The van der Waals surface area contributed by atoms with Gasteiger partial charge in [0.15, 0.2) is 5.11 Å². The van der Waals surface area contributed by atoms with Crippen LogP contribution in [-0.4, -0.2) is 46.3 Å². The third kappa shape index (κ3) is 2.80. The lowest BCUT2D eigenvalue weighted by Gasteiger charge is -2.29. The summed E-state index contributed by atoms with van der Waals surface area (Å²) in [6, 6.07) is 5.94. The molecule has 2 aromatic rings. The zero-order chi connectivity index (χ0) is 13.1.